The fourth-order valence-corrected chi connectivity index (χ4v) is 1.84. The van der Waals surface area contributed by atoms with Crippen molar-refractivity contribution in [2.45, 2.75) is 19.8 Å². The number of methoxy groups -OCH3 is 1. The minimum absolute atomic E-state index is 0.0495. The Morgan fingerprint density at radius 1 is 1.67 bits per heavy atom. The van der Waals surface area contributed by atoms with Gasteiger partial charge in [-0.3, -0.25) is 4.79 Å². The molecular weight excluding hydrogens is 192 g/mol. The van der Waals surface area contributed by atoms with E-state index in [1.807, 2.05) is 6.92 Å². The Kier molecular flexibility index (Phi) is 5.65. The van der Waals surface area contributed by atoms with Crippen molar-refractivity contribution in [2.75, 3.05) is 33.4 Å². The first-order valence-electron chi connectivity index (χ1n) is 5.71. The van der Waals surface area contributed by atoms with Crippen LogP contribution >= 0.6 is 0 Å². The molecule has 0 saturated carbocycles. The van der Waals surface area contributed by atoms with Crippen LogP contribution in [-0.2, 0) is 9.53 Å². The van der Waals surface area contributed by atoms with Crippen molar-refractivity contribution in [1.82, 2.24) is 10.6 Å². The molecule has 1 saturated heterocycles. The molecule has 2 N–H and O–H groups in total. The van der Waals surface area contributed by atoms with Gasteiger partial charge in [0.1, 0.15) is 0 Å². The standard InChI is InChI=1S/C11H22N2O2/c1-9(8-15-2)11(14)13-7-10-4-3-5-12-6-10/h9-10,12H,3-8H2,1-2H3,(H,13,14). The van der Waals surface area contributed by atoms with Crippen molar-refractivity contribution in [3.63, 3.8) is 0 Å². The van der Waals surface area contributed by atoms with Gasteiger partial charge in [0, 0.05) is 13.7 Å². The molecule has 0 spiro atoms. The van der Waals surface area contributed by atoms with Gasteiger partial charge in [-0.2, -0.15) is 0 Å². The normalized spacial score (nSPS) is 23.5. The zero-order valence-corrected chi connectivity index (χ0v) is 9.71. The molecule has 15 heavy (non-hydrogen) atoms. The fraction of sp³-hybridized carbons (Fsp3) is 0.909. The Morgan fingerprint density at radius 3 is 3.07 bits per heavy atom. The van der Waals surface area contributed by atoms with Crippen LogP contribution in [0.25, 0.3) is 0 Å². The number of carbonyl (C=O) groups is 1. The number of carbonyl (C=O) groups excluding carboxylic acids is 1. The number of piperidine rings is 1. The van der Waals surface area contributed by atoms with E-state index >= 15 is 0 Å². The zero-order chi connectivity index (χ0) is 11.1. The molecule has 1 aliphatic heterocycles. The smallest absolute Gasteiger partial charge is 0.225 e. The van der Waals surface area contributed by atoms with Crippen molar-refractivity contribution in [2.24, 2.45) is 11.8 Å². The lowest BCUT2D eigenvalue weighted by Gasteiger charge is -2.23. The monoisotopic (exact) mass is 214 g/mol. The number of nitrogens with one attached hydrogen (secondary N) is 2. The van der Waals surface area contributed by atoms with Crippen molar-refractivity contribution in [1.29, 1.82) is 0 Å². The van der Waals surface area contributed by atoms with Crippen molar-refractivity contribution in [3.8, 4) is 0 Å². The van der Waals surface area contributed by atoms with Gasteiger partial charge >= 0.3 is 0 Å². The summed E-state index contributed by atoms with van der Waals surface area (Å²) in [6.07, 6.45) is 2.43. The van der Waals surface area contributed by atoms with Crippen LogP contribution in [0, 0.1) is 11.8 Å². The maximum atomic E-state index is 11.6. The first-order valence-corrected chi connectivity index (χ1v) is 5.71. The Hall–Kier alpha value is -0.610. The Bertz CT molecular complexity index is 191. The van der Waals surface area contributed by atoms with E-state index in [-0.39, 0.29) is 11.8 Å². The minimum Gasteiger partial charge on any atom is -0.384 e. The van der Waals surface area contributed by atoms with E-state index < -0.39 is 0 Å². The van der Waals surface area contributed by atoms with E-state index in [0.29, 0.717) is 12.5 Å². The second kappa shape index (κ2) is 6.80. The average Bonchev–Trinajstić information content (AvgIpc) is 2.27. The van der Waals surface area contributed by atoms with Gasteiger partial charge in [0.2, 0.25) is 5.91 Å². The summed E-state index contributed by atoms with van der Waals surface area (Å²) in [6, 6.07) is 0. The highest BCUT2D eigenvalue weighted by Crippen LogP contribution is 2.08. The quantitative estimate of drug-likeness (QED) is 0.696. The summed E-state index contributed by atoms with van der Waals surface area (Å²) in [7, 11) is 1.62. The van der Waals surface area contributed by atoms with Crippen LogP contribution < -0.4 is 10.6 Å². The highest BCUT2D eigenvalue weighted by molar-refractivity contribution is 5.78. The molecule has 1 amide bonds. The van der Waals surface area contributed by atoms with E-state index in [2.05, 4.69) is 10.6 Å². The lowest BCUT2D eigenvalue weighted by molar-refractivity contribution is -0.126. The maximum Gasteiger partial charge on any atom is 0.225 e. The molecule has 0 aromatic carbocycles. The molecule has 2 atom stereocenters. The van der Waals surface area contributed by atoms with Crippen LogP contribution in [-0.4, -0.2) is 39.3 Å². The highest BCUT2D eigenvalue weighted by Gasteiger charge is 2.16. The van der Waals surface area contributed by atoms with Gasteiger partial charge in [0.05, 0.1) is 12.5 Å². The van der Waals surface area contributed by atoms with Gasteiger partial charge in [-0.15, -0.1) is 0 Å². The summed E-state index contributed by atoms with van der Waals surface area (Å²) in [5.74, 6) is 0.645. The van der Waals surface area contributed by atoms with Gasteiger partial charge < -0.3 is 15.4 Å². The summed E-state index contributed by atoms with van der Waals surface area (Å²) in [4.78, 5) is 11.6. The largest absolute Gasteiger partial charge is 0.384 e. The Balaban J connectivity index is 2.14. The second-order valence-electron chi connectivity index (χ2n) is 4.31. The van der Waals surface area contributed by atoms with Crippen LogP contribution in [0.4, 0.5) is 0 Å². The van der Waals surface area contributed by atoms with Gasteiger partial charge in [0.25, 0.3) is 0 Å². The third kappa shape index (κ3) is 4.62. The molecule has 1 fully saturated rings. The van der Waals surface area contributed by atoms with Crippen LogP contribution in [0.15, 0.2) is 0 Å². The molecule has 0 aromatic heterocycles. The lowest BCUT2D eigenvalue weighted by atomic mass is 9.99. The van der Waals surface area contributed by atoms with Crippen LogP contribution in [0.2, 0.25) is 0 Å². The zero-order valence-electron chi connectivity index (χ0n) is 9.71. The van der Waals surface area contributed by atoms with Gasteiger partial charge in [-0.1, -0.05) is 6.92 Å². The molecule has 0 radical (unpaired) electrons. The van der Waals surface area contributed by atoms with Gasteiger partial charge in [-0.05, 0) is 31.8 Å². The fourth-order valence-electron chi connectivity index (χ4n) is 1.84. The van der Waals surface area contributed by atoms with E-state index in [4.69, 9.17) is 4.74 Å². The van der Waals surface area contributed by atoms with Crippen molar-refractivity contribution >= 4 is 5.91 Å². The van der Waals surface area contributed by atoms with E-state index in [1.165, 1.54) is 12.8 Å². The molecule has 1 rings (SSSR count). The average molecular weight is 214 g/mol. The lowest BCUT2D eigenvalue weighted by Crippen LogP contribution is -2.40. The highest BCUT2D eigenvalue weighted by atomic mass is 16.5. The van der Waals surface area contributed by atoms with Crippen LogP contribution in [0.3, 0.4) is 0 Å². The van der Waals surface area contributed by atoms with Crippen LogP contribution in [0.5, 0.6) is 0 Å². The number of hydrogen-bond acceptors (Lipinski definition) is 3. The van der Waals surface area contributed by atoms with Gasteiger partial charge in [0.15, 0.2) is 0 Å². The number of rotatable bonds is 5. The summed E-state index contributed by atoms with van der Waals surface area (Å²) < 4.78 is 4.94. The third-order valence-corrected chi connectivity index (χ3v) is 2.83. The summed E-state index contributed by atoms with van der Waals surface area (Å²) in [6.45, 7) is 5.32. The van der Waals surface area contributed by atoms with Crippen LogP contribution in [0.1, 0.15) is 19.8 Å². The minimum atomic E-state index is -0.0495. The maximum absolute atomic E-state index is 11.6. The van der Waals surface area contributed by atoms with Gasteiger partial charge in [-0.25, -0.2) is 0 Å². The molecule has 2 unspecified atom stereocenters. The third-order valence-electron chi connectivity index (χ3n) is 2.83. The molecule has 1 aliphatic rings. The number of amides is 1. The summed E-state index contributed by atoms with van der Waals surface area (Å²) in [5.41, 5.74) is 0. The Morgan fingerprint density at radius 2 is 2.47 bits per heavy atom. The molecule has 1 heterocycles. The SMILES string of the molecule is COCC(C)C(=O)NCC1CCCNC1. The molecule has 0 aromatic rings. The predicted molar refractivity (Wildman–Crippen MR) is 59.6 cm³/mol. The number of hydrogen-bond donors (Lipinski definition) is 2. The Labute approximate surface area is 91.8 Å². The second-order valence-corrected chi connectivity index (χ2v) is 4.31. The topological polar surface area (TPSA) is 50.4 Å². The molecule has 0 bridgehead atoms. The molecule has 0 aliphatic carbocycles. The molecular formula is C11H22N2O2. The first kappa shape index (κ1) is 12.5. The number of ether oxygens (including phenoxy) is 1. The molecule has 4 nitrogen and oxygen atoms in total. The predicted octanol–water partition coefficient (Wildman–Crippen LogP) is 0.385. The van der Waals surface area contributed by atoms with Crippen molar-refractivity contribution < 1.29 is 9.53 Å². The summed E-state index contributed by atoms with van der Waals surface area (Å²) in [5, 5.41) is 6.31. The summed E-state index contributed by atoms with van der Waals surface area (Å²) >= 11 is 0. The van der Waals surface area contributed by atoms with E-state index in [0.717, 1.165) is 19.6 Å². The van der Waals surface area contributed by atoms with E-state index in [1.54, 1.807) is 7.11 Å². The van der Waals surface area contributed by atoms with Crippen molar-refractivity contribution in [3.05, 3.63) is 0 Å². The first-order chi connectivity index (χ1) is 7.24. The molecule has 4 heteroatoms. The van der Waals surface area contributed by atoms with E-state index in [9.17, 15) is 4.79 Å². The molecule has 88 valence electrons.